The van der Waals surface area contributed by atoms with Crippen LogP contribution in [0.4, 0.5) is 4.39 Å². The van der Waals surface area contributed by atoms with E-state index in [-0.39, 0.29) is 0 Å². The van der Waals surface area contributed by atoms with Crippen molar-refractivity contribution >= 4 is 11.6 Å². The lowest BCUT2D eigenvalue weighted by molar-refractivity contribution is 0.220. The first-order valence-electron chi connectivity index (χ1n) is 3.76. The van der Waals surface area contributed by atoms with Gasteiger partial charge < -0.3 is 5.32 Å². The van der Waals surface area contributed by atoms with Crippen molar-refractivity contribution in [3.8, 4) is 0 Å². The third-order valence-corrected chi connectivity index (χ3v) is 2.11. The highest BCUT2D eigenvalue weighted by Crippen LogP contribution is 2.14. The highest BCUT2D eigenvalue weighted by atomic mass is 35.5. The number of halogens is 2. The third kappa shape index (κ3) is 2.43. The molecule has 10 heavy (non-hydrogen) atoms. The molecular weight excluding hydrogens is 153 g/mol. The summed E-state index contributed by atoms with van der Waals surface area (Å²) < 4.78 is 12.7. The van der Waals surface area contributed by atoms with Gasteiger partial charge in [-0.05, 0) is 25.8 Å². The summed E-state index contributed by atoms with van der Waals surface area (Å²) in [6.07, 6.45) is 1.60. The molecule has 1 N–H and O–H groups in total. The normalized spacial score (nSPS) is 34.2. The van der Waals surface area contributed by atoms with Crippen molar-refractivity contribution in [3.63, 3.8) is 0 Å². The van der Waals surface area contributed by atoms with Crippen molar-refractivity contribution in [2.45, 2.75) is 31.5 Å². The molecule has 0 aromatic rings. The molecule has 1 saturated heterocycles. The summed E-state index contributed by atoms with van der Waals surface area (Å²) in [5.74, 6) is 0.629. The second kappa shape index (κ2) is 4.14. The number of piperidine rings is 1. The van der Waals surface area contributed by atoms with E-state index in [1.54, 1.807) is 0 Å². The standard InChI is InChI=1S/C7H13ClFN/c8-3-1-7-5-6(9)2-4-10-7/h6-7,10H,1-5H2. The van der Waals surface area contributed by atoms with Crippen LogP contribution in [-0.2, 0) is 0 Å². The minimum atomic E-state index is -0.602. The highest BCUT2D eigenvalue weighted by molar-refractivity contribution is 6.17. The molecule has 2 unspecified atom stereocenters. The lowest BCUT2D eigenvalue weighted by atomic mass is 10.0. The van der Waals surface area contributed by atoms with Gasteiger partial charge in [-0.1, -0.05) is 0 Å². The SMILES string of the molecule is FC1CCNC(CCCl)C1. The first-order valence-corrected chi connectivity index (χ1v) is 4.30. The third-order valence-electron chi connectivity index (χ3n) is 1.89. The van der Waals surface area contributed by atoms with Gasteiger partial charge in [0.05, 0.1) is 0 Å². The molecule has 1 rings (SSSR count). The first-order chi connectivity index (χ1) is 4.83. The zero-order valence-electron chi connectivity index (χ0n) is 5.95. The van der Waals surface area contributed by atoms with Crippen LogP contribution < -0.4 is 5.32 Å². The Balaban J connectivity index is 2.18. The number of alkyl halides is 2. The minimum absolute atomic E-state index is 0.321. The van der Waals surface area contributed by atoms with Crippen molar-refractivity contribution in [2.75, 3.05) is 12.4 Å². The molecule has 0 spiro atoms. The summed E-state index contributed by atoms with van der Waals surface area (Å²) in [7, 11) is 0. The summed E-state index contributed by atoms with van der Waals surface area (Å²) >= 11 is 5.52. The van der Waals surface area contributed by atoms with E-state index in [9.17, 15) is 4.39 Å². The number of rotatable bonds is 2. The van der Waals surface area contributed by atoms with Crippen molar-refractivity contribution in [1.82, 2.24) is 5.32 Å². The number of hydrogen-bond donors (Lipinski definition) is 1. The van der Waals surface area contributed by atoms with Crippen molar-refractivity contribution < 1.29 is 4.39 Å². The van der Waals surface area contributed by atoms with Gasteiger partial charge >= 0.3 is 0 Å². The van der Waals surface area contributed by atoms with Crippen LogP contribution in [0, 0.1) is 0 Å². The van der Waals surface area contributed by atoms with E-state index in [2.05, 4.69) is 5.32 Å². The van der Waals surface area contributed by atoms with Gasteiger partial charge in [0.15, 0.2) is 0 Å². The van der Waals surface area contributed by atoms with Crippen LogP contribution in [0.2, 0.25) is 0 Å². The molecule has 3 heteroatoms. The lowest BCUT2D eigenvalue weighted by Crippen LogP contribution is -2.39. The predicted octanol–water partition coefficient (Wildman–Crippen LogP) is 1.71. The molecule has 1 nitrogen and oxygen atoms in total. The van der Waals surface area contributed by atoms with E-state index in [0.717, 1.165) is 13.0 Å². The lowest BCUT2D eigenvalue weighted by Gasteiger charge is -2.25. The Kier molecular flexibility index (Phi) is 3.43. The molecule has 1 heterocycles. The summed E-state index contributed by atoms with van der Waals surface area (Å²) in [6, 6.07) is 0.321. The molecule has 0 aliphatic carbocycles. The fraction of sp³-hybridized carbons (Fsp3) is 1.00. The van der Waals surface area contributed by atoms with Crippen molar-refractivity contribution in [1.29, 1.82) is 0 Å². The molecule has 0 aromatic carbocycles. The molecule has 1 aliphatic heterocycles. The van der Waals surface area contributed by atoms with Crippen molar-refractivity contribution in [2.24, 2.45) is 0 Å². The molecule has 2 atom stereocenters. The van der Waals surface area contributed by atoms with E-state index < -0.39 is 6.17 Å². The number of hydrogen-bond acceptors (Lipinski definition) is 1. The second-order valence-electron chi connectivity index (χ2n) is 2.75. The van der Waals surface area contributed by atoms with Crippen LogP contribution >= 0.6 is 11.6 Å². The molecule has 0 amide bonds. The van der Waals surface area contributed by atoms with Gasteiger partial charge in [0.2, 0.25) is 0 Å². The van der Waals surface area contributed by atoms with Gasteiger partial charge in [-0.3, -0.25) is 0 Å². The largest absolute Gasteiger partial charge is 0.314 e. The van der Waals surface area contributed by atoms with E-state index >= 15 is 0 Å². The smallest absolute Gasteiger partial charge is 0.103 e. The Morgan fingerprint density at radius 3 is 3.00 bits per heavy atom. The van der Waals surface area contributed by atoms with Gasteiger partial charge in [0, 0.05) is 11.9 Å². The Morgan fingerprint density at radius 2 is 2.40 bits per heavy atom. The zero-order valence-corrected chi connectivity index (χ0v) is 6.70. The Morgan fingerprint density at radius 1 is 1.60 bits per heavy atom. The average molecular weight is 166 g/mol. The van der Waals surface area contributed by atoms with E-state index in [1.807, 2.05) is 0 Å². The zero-order chi connectivity index (χ0) is 7.40. The maximum absolute atomic E-state index is 12.7. The summed E-state index contributed by atoms with van der Waals surface area (Å²) in [5.41, 5.74) is 0. The van der Waals surface area contributed by atoms with Crippen molar-refractivity contribution in [3.05, 3.63) is 0 Å². The molecule has 0 aromatic heterocycles. The Hall–Kier alpha value is 0.180. The topological polar surface area (TPSA) is 12.0 Å². The summed E-state index contributed by atoms with van der Waals surface area (Å²) in [4.78, 5) is 0. The molecular formula is C7H13ClFN. The maximum Gasteiger partial charge on any atom is 0.103 e. The highest BCUT2D eigenvalue weighted by Gasteiger charge is 2.19. The maximum atomic E-state index is 12.7. The summed E-state index contributed by atoms with van der Waals surface area (Å²) in [5, 5.41) is 3.23. The molecule has 60 valence electrons. The monoisotopic (exact) mass is 165 g/mol. The number of nitrogens with one attached hydrogen (secondary N) is 1. The molecule has 0 saturated carbocycles. The van der Waals surface area contributed by atoms with Gasteiger partial charge in [-0.25, -0.2) is 4.39 Å². The molecule has 1 aliphatic rings. The van der Waals surface area contributed by atoms with Crippen LogP contribution in [0.1, 0.15) is 19.3 Å². The Bertz CT molecular complexity index is 97.6. The van der Waals surface area contributed by atoms with E-state index in [0.29, 0.717) is 24.8 Å². The van der Waals surface area contributed by atoms with Gasteiger partial charge in [0.1, 0.15) is 6.17 Å². The van der Waals surface area contributed by atoms with Gasteiger partial charge in [-0.15, -0.1) is 11.6 Å². The Labute approximate surface area is 65.9 Å². The van der Waals surface area contributed by atoms with Crippen LogP contribution in [0.15, 0.2) is 0 Å². The van der Waals surface area contributed by atoms with Crippen LogP contribution in [0.3, 0.4) is 0 Å². The van der Waals surface area contributed by atoms with Crippen LogP contribution in [0.5, 0.6) is 0 Å². The quantitative estimate of drug-likeness (QED) is 0.615. The van der Waals surface area contributed by atoms with Gasteiger partial charge in [-0.2, -0.15) is 0 Å². The summed E-state index contributed by atoms with van der Waals surface area (Å²) in [6.45, 7) is 0.808. The van der Waals surface area contributed by atoms with Gasteiger partial charge in [0.25, 0.3) is 0 Å². The molecule has 1 fully saturated rings. The second-order valence-corrected chi connectivity index (χ2v) is 3.13. The molecule has 0 bridgehead atoms. The predicted molar refractivity (Wildman–Crippen MR) is 41.3 cm³/mol. The molecule has 0 radical (unpaired) electrons. The fourth-order valence-electron chi connectivity index (χ4n) is 1.31. The fourth-order valence-corrected chi connectivity index (χ4v) is 1.57. The van der Waals surface area contributed by atoms with E-state index in [1.165, 1.54) is 0 Å². The van der Waals surface area contributed by atoms with E-state index in [4.69, 9.17) is 11.6 Å². The van der Waals surface area contributed by atoms with Crippen LogP contribution in [-0.4, -0.2) is 24.6 Å². The first kappa shape index (κ1) is 8.28. The van der Waals surface area contributed by atoms with Crippen LogP contribution in [0.25, 0.3) is 0 Å². The average Bonchev–Trinajstić information content (AvgIpc) is 1.88. The minimum Gasteiger partial charge on any atom is -0.314 e.